The van der Waals surface area contributed by atoms with E-state index in [2.05, 4.69) is 11.7 Å². The zero-order valence-electron chi connectivity index (χ0n) is 5.33. The molecule has 0 bridgehead atoms. The van der Waals surface area contributed by atoms with Crippen LogP contribution in [-0.4, -0.2) is 28.7 Å². The van der Waals surface area contributed by atoms with E-state index in [-0.39, 0.29) is 6.61 Å². The molecule has 0 aromatic rings. The van der Waals surface area contributed by atoms with E-state index in [0.29, 0.717) is 5.71 Å². The second-order valence-corrected chi connectivity index (χ2v) is 1.90. The number of hydrogen-bond donors (Lipinski definition) is 1. The fourth-order valence-corrected chi connectivity index (χ4v) is 0.640. The summed E-state index contributed by atoms with van der Waals surface area (Å²) in [5, 5.41) is 8.63. The number of hydrogen-bond acceptors (Lipinski definition) is 2. The summed E-state index contributed by atoms with van der Waals surface area (Å²) in [4.78, 5) is 3.88. The SMILES string of the molecule is C=[N+]1[CH-]N=C(CO)[C-]1C. The molecule has 1 aliphatic heterocycles. The van der Waals surface area contributed by atoms with Gasteiger partial charge >= 0.3 is 0 Å². The average molecular weight is 125 g/mol. The van der Waals surface area contributed by atoms with Crippen LogP contribution in [0.3, 0.4) is 0 Å². The van der Waals surface area contributed by atoms with Gasteiger partial charge in [-0.15, -0.1) is 6.72 Å². The van der Waals surface area contributed by atoms with Gasteiger partial charge in [0.15, 0.2) is 0 Å². The van der Waals surface area contributed by atoms with Crippen molar-refractivity contribution in [3.05, 3.63) is 12.7 Å². The summed E-state index contributed by atoms with van der Waals surface area (Å²) >= 11 is 0. The molecule has 1 aliphatic rings. The Morgan fingerprint density at radius 1 is 2.00 bits per heavy atom. The van der Waals surface area contributed by atoms with Crippen molar-refractivity contribution in [2.45, 2.75) is 6.92 Å². The van der Waals surface area contributed by atoms with Gasteiger partial charge in [-0.05, 0) is 5.71 Å². The average Bonchev–Trinajstić information content (AvgIpc) is 2.15. The highest BCUT2D eigenvalue weighted by molar-refractivity contribution is 5.97. The normalized spacial score (nSPS) is 17.8. The van der Waals surface area contributed by atoms with Crippen molar-refractivity contribution in [1.82, 2.24) is 0 Å². The molecule has 1 heterocycles. The summed E-state index contributed by atoms with van der Waals surface area (Å²) in [6.07, 6.45) is 0. The smallest absolute Gasteiger partial charge is 0.105 e. The van der Waals surface area contributed by atoms with Crippen molar-refractivity contribution in [1.29, 1.82) is 0 Å². The molecule has 0 amide bonds. The molecule has 1 N–H and O–H groups in total. The third kappa shape index (κ3) is 0.907. The molecular weight excluding hydrogens is 116 g/mol. The van der Waals surface area contributed by atoms with E-state index < -0.39 is 0 Å². The lowest BCUT2D eigenvalue weighted by Crippen LogP contribution is -2.15. The number of nitrogens with zero attached hydrogens (tertiary/aromatic N) is 2. The Hall–Kier alpha value is -0.960. The summed E-state index contributed by atoms with van der Waals surface area (Å²) in [7, 11) is 0. The largest absolute Gasteiger partial charge is 0.464 e. The maximum absolute atomic E-state index is 8.63. The van der Waals surface area contributed by atoms with Crippen LogP contribution in [0, 0.1) is 12.7 Å². The van der Waals surface area contributed by atoms with Gasteiger partial charge < -0.3 is 9.68 Å². The van der Waals surface area contributed by atoms with E-state index in [1.165, 1.54) is 0 Å². The summed E-state index contributed by atoms with van der Waals surface area (Å²) < 4.78 is 1.63. The monoisotopic (exact) mass is 125 g/mol. The Balaban J connectivity index is 2.66. The van der Waals surface area contributed by atoms with E-state index in [1.54, 1.807) is 11.2 Å². The summed E-state index contributed by atoms with van der Waals surface area (Å²) in [5.74, 6) is 0. The number of aliphatic imine (C=N–C) groups is 1. The van der Waals surface area contributed by atoms with Gasteiger partial charge in [0.25, 0.3) is 0 Å². The molecule has 3 heteroatoms. The Labute approximate surface area is 54.4 Å². The predicted octanol–water partition coefficient (Wildman–Crippen LogP) is -0.182. The zero-order valence-corrected chi connectivity index (χ0v) is 5.33. The molecule has 0 saturated heterocycles. The van der Waals surface area contributed by atoms with Crippen LogP contribution in [-0.2, 0) is 0 Å². The molecule has 0 spiro atoms. The molecule has 50 valence electrons. The Morgan fingerprint density at radius 3 is 2.89 bits per heavy atom. The van der Waals surface area contributed by atoms with Crippen molar-refractivity contribution >= 4 is 12.4 Å². The van der Waals surface area contributed by atoms with E-state index >= 15 is 0 Å². The lowest BCUT2D eigenvalue weighted by Gasteiger charge is -2.18. The van der Waals surface area contributed by atoms with Gasteiger partial charge in [0, 0.05) is 6.61 Å². The van der Waals surface area contributed by atoms with Crippen molar-refractivity contribution in [3.63, 3.8) is 0 Å². The lowest BCUT2D eigenvalue weighted by molar-refractivity contribution is -0.441. The molecule has 0 aliphatic carbocycles. The molecule has 0 aromatic heterocycles. The van der Waals surface area contributed by atoms with Crippen LogP contribution in [0.4, 0.5) is 0 Å². The first kappa shape index (κ1) is 6.16. The van der Waals surface area contributed by atoms with Crippen molar-refractivity contribution in [2.75, 3.05) is 6.61 Å². The minimum absolute atomic E-state index is 0.00560. The third-order valence-electron chi connectivity index (χ3n) is 1.35. The number of aliphatic hydroxyl groups excluding tert-OH is 1. The van der Waals surface area contributed by atoms with Crippen molar-refractivity contribution < 1.29 is 9.68 Å². The van der Waals surface area contributed by atoms with Gasteiger partial charge in [-0.3, -0.25) is 4.99 Å². The van der Waals surface area contributed by atoms with Gasteiger partial charge in [0.05, 0.1) is 0 Å². The topological polar surface area (TPSA) is 35.6 Å². The molecule has 0 unspecified atom stereocenters. The van der Waals surface area contributed by atoms with Gasteiger partial charge in [0.2, 0.25) is 0 Å². The molecule has 9 heavy (non-hydrogen) atoms. The van der Waals surface area contributed by atoms with Crippen LogP contribution in [0.25, 0.3) is 0 Å². The molecule has 0 saturated carbocycles. The molecule has 0 radical (unpaired) electrons. The summed E-state index contributed by atoms with van der Waals surface area (Å²) in [6.45, 7) is 7.08. The highest BCUT2D eigenvalue weighted by atomic mass is 16.3. The van der Waals surface area contributed by atoms with Crippen LogP contribution in [0.5, 0.6) is 0 Å². The van der Waals surface area contributed by atoms with Crippen LogP contribution in [0.2, 0.25) is 0 Å². The van der Waals surface area contributed by atoms with Crippen LogP contribution in [0.1, 0.15) is 6.92 Å². The minimum Gasteiger partial charge on any atom is -0.464 e. The maximum Gasteiger partial charge on any atom is 0.105 e. The maximum atomic E-state index is 8.63. The minimum atomic E-state index is -0.00560. The van der Waals surface area contributed by atoms with Crippen LogP contribution >= 0.6 is 0 Å². The first-order chi connectivity index (χ1) is 4.25. The van der Waals surface area contributed by atoms with Crippen LogP contribution in [0.15, 0.2) is 4.99 Å². The summed E-state index contributed by atoms with van der Waals surface area (Å²) in [5.41, 5.74) is 0.699. The molecule has 0 fully saturated rings. The summed E-state index contributed by atoms with van der Waals surface area (Å²) in [6, 6.07) is 0.914. The van der Waals surface area contributed by atoms with Crippen LogP contribution < -0.4 is 0 Å². The van der Waals surface area contributed by atoms with Gasteiger partial charge in [-0.1, -0.05) is 13.0 Å². The van der Waals surface area contributed by atoms with E-state index in [0.717, 1.165) is 6.04 Å². The lowest BCUT2D eigenvalue weighted by atomic mass is 10.2. The highest BCUT2D eigenvalue weighted by Crippen LogP contribution is 2.12. The second-order valence-electron chi connectivity index (χ2n) is 1.90. The first-order valence-corrected chi connectivity index (χ1v) is 2.70. The standard InChI is InChI=1S/C6H9N2O/c1-5-6(3-9)7-4-8(5)2/h4,9H,2-3H2,1H3/q-1. The molecular formula is C6H9N2O-. The molecule has 1 rings (SSSR count). The quantitative estimate of drug-likeness (QED) is 0.383. The Kier molecular flexibility index (Phi) is 1.44. The highest BCUT2D eigenvalue weighted by Gasteiger charge is 2.07. The fraction of sp³-hybridized carbons (Fsp3) is 0.333. The van der Waals surface area contributed by atoms with E-state index in [1.807, 2.05) is 6.92 Å². The Morgan fingerprint density at radius 2 is 2.67 bits per heavy atom. The van der Waals surface area contributed by atoms with E-state index in [4.69, 9.17) is 5.11 Å². The Bertz CT molecular complexity index is 162. The third-order valence-corrected chi connectivity index (χ3v) is 1.35. The predicted molar refractivity (Wildman–Crippen MR) is 35.1 cm³/mol. The van der Waals surface area contributed by atoms with E-state index in [9.17, 15) is 0 Å². The van der Waals surface area contributed by atoms with Gasteiger partial charge in [-0.2, -0.15) is 0 Å². The van der Waals surface area contributed by atoms with Gasteiger partial charge in [-0.25, -0.2) is 0 Å². The first-order valence-electron chi connectivity index (χ1n) is 2.70. The van der Waals surface area contributed by atoms with Crippen molar-refractivity contribution in [3.8, 4) is 0 Å². The molecule has 0 aromatic carbocycles. The second kappa shape index (κ2) is 2.11. The van der Waals surface area contributed by atoms with Crippen molar-refractivity contribution in [2.24, 2.45) is 4.99 Å². The molecule has 3 nitrogen and oxygen atoms in total. The fourth-order valence-electron chi connectivity index (χ4n) is 0.640. The zero-order chi connectivity index (χ0) is 6.85. The number of rotatable bonds is 1. The van der Waals surface area contributed by atoms with Gasteiger partial charge in [0.1, 0.15) is 6.67 Å². The molecule has 0 atom stereocenters. The number of aliphatic hydroxyl groups is 1.